The van der Waals surface area contributed by atoms with Crippen molar-refractivity contribution in [3.8, 4) is 11.5 Å². The number of para-hydroxylation sites is 1. The summed E-state index contributed by atoms with van der Waals surface area (Å²) in [4.78, 5) is 11.8. The Morgan fingerprint density at radius 3 is 2.91 bits per heavy atom. The van der Waals surface area contributed by atoms with E-state index in [0.717, 1.165) is 5.56 Å². The van der Waals surface area contributed by atoms with Crippen LogP contribution in [0.4, 0.5) is 13.2 Å². The maximum absolute atomic E-state index is 12.0. The van der Waals surface area contributed by atoms with Gasteiger partial charge in [0.1, 0.15) is 6.61 Å². The van der Waals surface area contributed by atoms with Crippen LogP contribution in [0.5, 0.6) is 11.5 Å². The smallest absolute Gasteiger partial charge is 0.401 e. The third-order valence-electron chi connectivity index (χ3n) is 3.39. The van der Waals surface area contributed by atoms with Crippen molar-refractivity contribution in [2.24, 2.45) is 0 Å². The first-order valence-electron chi connectivity index (χ1n) is 7.24. The third kappa shape index (κ3) is 5.31. The van der Waals surface area contributed by atoms with Crippen molar-refractivity contribution in [1.29, 1.82) is 0 Å². The van der Waals surface area contributed by atoms with Gasteiger partial charge in [-0.3, -0.25) is 4.79 Å². The van der Waals surface area contributed by atoms with E-state index in [9.17, 15) is 18.0 Å². The first-order chi connectivity index (χ1) is 10.9. The van der Waals surface area contributed by atoms with E-state index in [1.54, 1.807) is 13.2 Å². The summed E-state index contributed by atoms with van der Waals surface area (Å²) in [7, 11) is 1.56. The number of benzene rings is 1. The molecule has 128 valence electrons. The second-order valence-electron chi connectivity index (χ2n) is 5.27. The molecule has 1 aromatic carbocycles. The molecule has 5 nitrogen and oxygen atoms in total. The summed E-state index contributed by atoms with van der Waals surface area (Å²) >= 11 is 0. The minimum absolute atomic E-state index is 0.0163. The first kappa shape index (κ1) is 17.4. The Balaban J connectivity index is 1.77. The van der Waals surface area contributed by atoms with Crippen LogP contribution in [0.2, 0.25) is 0 Å². The second kappa shape index (κ2) is 7.54. The molecule has 23 heavy (non-hydrogen) atoms. The predicted octanol–water partition coefficient (Wildman–Crippen LogP) is 1.66. The number of methoxy groups -OCH3 is 1. The minimum Gasteiger partial charge on any atom is -0.493 e. The molecule has 1 aliphatic heterocycles. The number of carbonyl (C=O) groups excluding carboxylic acids is 1. The molecule has 0 spiro atoms. The lowest BCUT2D eigenvalue weighted by Crippen LogP contribution is -2.43. The lowest BCUT2D eigenvalue weighted by atomic mass is 10.0. The maximum Gasteiger partial charge on any atom is 0.401 e. The molecule has 1 atom stereocenters. The SMILES string of the molecule is COc1cccc2c1OC[C@H](NC(=O)CCNCC(F)(F)F)C2. The van der Waals surface area contributed by atoms with Crippen molar-refractivity contribution >= 4 is 5.91 Å². The van der Waals surface area contributed by atoms with Crippen LogP contribution >= 0.6 is 0 Å². The lowest BCUT2D eigenvalue weighted by molar-refractivity contribution is -0.127. The van der Waals surface area contributed by atoms with E-state index in [-0.39, 0.29) is 24.9 Å². The monoisotopic (exact) mass is 332 g/mol. The molecule has 2 rings (SSSR count). The molecule has 0 bridgehead atoms. The fraction of sp³-hybridized carbons (Fsp3) is 0.533. The number of nitrogens with one attached hydrogen (secondary N) is 2. The van der Waals surface area contributed by atoms with E-state index >= 15 is 0 Å². The Morgan fingerprint density at radius 2 is 2.22 bits per heavy atom. The predicted molar refractivity (Wildman–Crippen MR) is 77.7 cm³/mol. The van der Waals surface area contributed by atoms with Crippen LogP contribution < -0.4 is 20.1 Å². The van der Waals surface area contributed by atoms with E-state index in [2.05, 4.69) is 10.6 Å². The first-order valence-corrected chi connectivity index (χ1v) is 7.24. The number of halogens is 3. The Morgan fingerprint density at radius 1 is 1.43 bits per heavy atom. The molecule has 1 amide bonds. The number of amides is 1. The minimum atomic E-state index is -4.27. The highest BCUT2D eigenvalue weighted by molar-refractivity contribution is 5.76. The normalized spacial score (nSPS) is 17.1. The Labute approximate surface area is 132 Å². The molecule has 0 aromatic heterocycles. The summed E-state index contributed by atoms with van der Waals surface area (Å²) in [5, 5.41) is 4.96. The number of hydrogen-bond acceptors (Lipinski definition) is 4. The van der Waals surface area contributed by atoms with Crippen LogP contribution in [-0.2, 0) is 11.2 Å². The van der Waals surface area contributed by atoms with Gasteiger partial charge in [-0.15, -0.1) is 0 Å². The fourth-order valence-corrected chi connectivity index (χ4v) is 2.38. The van der Waals surface area contributed by atoms with Gasteiger partial charge in [-0.1, -0.05) is 12.1 Å². The highest BCUT2D eigenvalue weighted by Crippen LogP contribution is 2.34. The number of fused-ring (bicyclic) bond motifs is 1. The zero-order valence-electron chi connectivity index (χ0n) is 12.7. The molecule has 1 aliphatic rings. The van der Waals surface area contributed by atoms with Gasteiger partial charge in [0.25, 0.3) is 0 Å². The molecule has 0 radical (unpaired) electrons. The van der Waals surface area contributed by atoms with E-state index in [4.69, 9.17) is 9.47 Å². The van der Waals surface area contributed by atoms with Crippen molar-refractivity contribution in [3.05, 3.63) is 23.8 Å². The second-order valence-corrected chi connectivity index (χ2v) is 5.27. The van der Waals surface area contributed by atoms with Gasteiger partial charge >= 0.3 is 6.18 Å². The summed E-state index contributed by atoms with van der Waals surface area (Å²) in [6, 6.07) is 5.32. The standard InChI is InChI=1S/C15H19F3N2O3/c1-22-12-4-2-3-10-7-11(8-23-14(10)12)20-13(21)5-6-19-9-15(16,17)18/h2-4,11,19H,5-9H2,1H3,(H,20,21)/t11-/m1/s1. The van der Waals surface area contributed by atoms with Crippen LogP contribution in [-0.4, -0.2) is 44.9 Å². The van der Waals surface area contributed by atoms with Crippen LogP contribution in [0.1, 0.15) is 12.0 Å². The van der Waals surface area contributed by atoms with Gasteiger partial charge in [0, 0.05) is 18.5 Å². The Bertz CT molecular complexity index is 549. The maximum atomic E-state index is 12.0. The number of ether oxygens (including phenoxy) is 2. The van der Waals surface area contributed by atoms with Gasteiger partial charge in [0.05, 0.1) is 19.7 Å². The Kier molecular flexibility index (Phi) is 5.70. The number of rotatable bonds is 6. The molecule has 0 aliphatic carbocycles. The van der Waals surface area contributed by atoms with Gasteiger partial charge in [0.15, 0.2) is 11.5 Å². The summed E-state index contributed by atoms with van der Waals surface area (Å²) in [5.74, 6) is 1.01. The van der Waals surface area contributed by atoms with E-state index in [1.807, 2.05) is 12.1 Å². The largest absolute Gasteiger partial charge is 0.493 e. The molecule has 8 heteroatoms. The molecule has 0 saturated heterocycles. The number of carbonyl (C=O) groups is 1. The quantitative estimate of drug-likeness (QED) is 0.778. The van der Waals surface area contributed by atoms with Gasteiger partial charge < -0.3 is 20.1 Å². The molecule has 2 N–H and O–H groups in total. The summed E-state index contributed by atoms with van der Waals surface area (Å²) < 4.78 is 46.7. The van der Waals surface area contributed by atoms with Crippen molar-refractivity contribution < 1.29 is 27.4 Å². The molecule has 0 unspecified atom stereocenters. The van der Waals surface area contributed by atoms with Gasteiger partial charge in [-0.25, -0.2) is 0 Å². The fourth-order valence-electron chi connectivity index (χ4n) is 2.38. The van der Waals surface area contributed by atoms with Crippen molar-refractivity contribution in [2.45, 2.75) is 25.1 Å². The summed E-state index contributed by atoms with van der Waals surface area (Å²) in [6.07, 6.45) is -3.69. The molecule has 1 heterocycles. The molecular formula is C15H19F3N2O3. The van der Waals surface area contributed by atoms with Crippen molar-refractivity contribution in [3.63, 3.8) is 0 Å². The van der Waals surface area contributed by atoms with E-state index < -0.39 is 12.7 Å². The zero-order valence-corrected chi connectivity index (χ0v) is 12.7. The van der Waals surface area contributed by atoms with Gasteiger partial charge in [0.2, 0.25) is 5.91 Å². The number of alkyl halides is 3. The van der Waals surface area contributed by atoms with Crippen LogP contribution in [0.25, 0.3) is 0 Å². The van der Waals surface area contributed by atoms with Gasteiger partial charge in [-0.2, -0.15) is 13.2 Å². The van der Waals surface area contributed by atoms with Crippen LogP contribution in [0, 0.1) is 0 Å². The van der Waals surface area contributed by atoms with Gasteiger partial charge in [-0.05, 0) is 12.5 Å². The van der Waals surface area contributed by atoms with Crippen molar-refractivity contribution in [2.75, 3.05) is 26.8 Å². The third-order valence-corrected chi connectivity index (χ3v) is 3.39. The highest BCUT2D eigenvalue weighted by Gasteiger charge is 2.26. The van der Waals surface area contributed by atoms with Crippen molar-refractivity contribution in [1.82, 2.24) is 10.6 Å². The summed E-state index contributed by atoms with van der Waals surface area (Å²) in [5.41, 5.74) is 0.927. The zero-order chi connectivity index (χ0) is 16.9. The average molecular weight is 332 g/mol. The lowest BCUT2D eigenvalue weighted by Gasteiger charge is -2.27. The topological polar surface area (TPSA) is 59.6 Å². The van der Waals surface area contributed by atoms with E-state index in [0.29, 0.717) is 24.5 Å². The Hall–Kier alpha value is -1.96. The molecular weight excluding hydrogens is 313 g/mol. The molecule has 0 fully saturated rings. The van der Waals surface area contributed by atoms with E-state index in [1.165, 1.54) is 0 Å². The highest BCUT2D eigenvalue weighted by atomic mass is 19.4. The van der Waals surface area contributed by atoms with Crippen LogP contribution in [0.15, 0.2) is 18.2 Å². The molecule has 1 aromatic rings. The van der Waals surface area contributed by atoms with Crippen LogP contribution in [0.3, 0.4) is 0 Å². The molecule has 0 saturated carbocycles. The average Bonchev–Trinajstić information content (AvgIpc) is 2.50. The summed E-state index contributed by atoms with van der Waals surface area (Å²) in [6.45, 7) is -0.821. The number of hydrogen-bond donors (Lipinski definition) is 2.